The first-order valence-electron chi connectivity index (χ1n) is 11.2. The largest absolute Gasteiger partial charge is 0.469 e. The summed E-state index contributed by atoms with van der Waals surface area (Å²) >= 11 is 0. The van der Waals surface area contributed by atoms with Gasteiger partial charge in [-0.2, -0.15) is 0 Å². The smallest absolute Gasteiger partial charge is 0.335 e. The molecule has 0 spiro atoms. The molecule has 8 nitrogen and oxygen atoms in total. The lowest BCUT2D eigenvalue weighted by molar-refractivity contribution is -0.146. The van der Waals surface area contributed by atoms with Crippen LogP contribution in [0.5, 0.6) is 0 Å². The van der Waals surface area contributed by atoms with Crippen LogP contribution in [-0.4, -0.2) is 60.4 Å². The first-order valence-corrected chi connectivity index (χ1v) is 11.2. The van der Waals surface area contributed by atoms with Crippen molar-refractivity contribution >= 4 is 34.7 Å². The molecule has 182 valence electrons. The van der Waals surface area contributed by atoms with Gasteiger partial charge in [-0.05, 0) is 48.5 Å². The standard InChI is InChI=1S/C26H34N4O4/c1-29(2)19-11-7-17(8-12-19)27-23-15-22(26(32)34-6)24(16-21(23)25(31)33-5)28-18-9-13-20(14-10-18)30(3)4/h7-14,21,23,27-28H,15-16H2,1-6H3. The number of nitrogens with one attached hydrogen (secondary N) is 2. The van der Waals surface area contributed by atoms with E-state index in [2.05, 4.69) is 10.6 Å². The average Bonchev–Trinajstić information content (AvgIpc) is 2.84. The SMILES string of the molecule is COC(=O)C1=C(Nc2ccc(N(C)C)cc2)CC(C(=O)OC)C(Nc2ccc(N(C)C)cc2)C1. The van der Waals surface area contributed by atoms with Gasteiger partial charge in [0.1, 0.15) is 0 Å². The van der Waals surface area contributed by atoms with E-state index in [1.165, 1.54) is 14.2 Å². The van der Waals surface area contributed by atoms with Gasteiger partial charge in [-0.15, -0.1) is 0 Å². The van der Waals surface area contributed by atoms with E-state index in [0.717, 1.165) is 22.7 Å². The molecule has 2 aromatic rings. The number of ether oxygens (including phenoxy) is 2. The second-order valence-electron chi connectivity index (χ2n) is 8.75. The zero-order chi connectivity index (χ0) is 24.8. The number of allylic oxidation sites excluding steroid dienone is 1. The molecular weight excluding hydrogens is 432 g/mol. The minimum absolute atomic E-state index is 0.319. The number of methoxy groups -OCH3 is 2. The second kappa shape index (κ2) is 11.0. The summed E-state index contributed by atoms with van der Waals surface area (Å²) in [6, 6.07) is 15.5. The van der Waals surface area contributed by atoms with Gasteiger partial charge in [-0.25, -0.2) is 4.79 Å². The molecule has 3 rings (SSSR count). The second-order valence-corrected chi connectivity index (χ2v) is 8.75. The maximum atomic E-state index is 12.7. The van der Waals surface area contributed by atoms with Gasteiger partial charge in [0.25, 0.3) is 0 Å². The number of esters is 2. The number of benzene rings is 2. The highest BCUT2D eigenvalue weighted by Gasteiger charge is 2.38. The van der Waals surface area contributed by atoms with Crippen molar-refractivity contribution in [3.63, 3.8) is 0 Å². The van der Waals surface area contributed by atoms with E-state index in [9.17, 15) is 9.59 Å². The first-order chi connectivity index (χ1) is 16.2. The maximum Gasteiger partial charge on any atom is 0.335 e. The summed E-state index contributed by atoms with van der Waals surface area (Å²) in [6.45, 7) is 0. The van der Waals surface area contributed by atoms with Crippen LogP contribution in [0.2, 0.25) is 0 Å². The van der Waals surface area contributed by atoms with Gasteiger partial charge < -0.3 is 29.9 Å². The summed E-state index contributed by atoms with van der Waals surface area (Å²) < 4.78 is 10.2. The fourth-order valence-electron chi connectivity index (χ4n) is 4.06. The van der Waals surface area contributed by atoms with E-state index in [-0.39, 0.29) is 12.0 Å². The Morgan fingerprint density at radius 2 is 1.32 bits per heavy atom. The van der Waals surface area contributed by atoms with Crippen LogP contribution in [0.3, 0.4) is 0 Å². The molecule has 0 aromatic heterocycles. The Kier molecular flexibility index (Phi) is 8.04. The van der Waals surface area contributed by atoms with Crippen molar-refractivity contribution in [2.24, 2.45) is 5.92 Å². The van der Waals surface area contributed by atoms with Crippen LogP contribution in [0, 0.1) is 5.92 Å². The van der Waals surface area contributed by atoms with E-state index in [1.807, 2.05) is 86.5 Å². The van der Waals surface area contributed by atoms with Crippen molar-refractivity contribution in [2.45, 2.75) is 18.9 Å². The van der Waals surface area contributed by atoms with Crippen molar-refractivity contribution < 1.29 is 19.1 Å². The molecule has 2 atom stereocenters. The minimum Gasteiger partial charge on any atom is -0.469 e. The molecule has 0 bridgehead atoms. The quantitative estimate of drug-likeness (QED) is 0.570. The van der Waals surface area contributed by atoms with E-state index >= 15 is 0 Å². The van der Waals surface area contributed by atoms with Crippen molar-refractivity contribution in [2.75, 3.05) is 62.8 Å². The van der Waals surface area contributed by atoms with Gasteiger partial charge in [-0.1, -0.05) is 0 Å². The summed E-state index contributed by atoms with van der Waals surface area (Å²) in [6.07, 6.45) is 0.639. The molecule has 0 aliphatic heterocycles. The van der Waals surface area contributed by atoms with Crippen molar-refractivity contribution in [3.8, 4) is 0 Å². The van der Waals surface area contributed by atoms with Gasteiger partial charge in [0.05, 0.1) is 25.7 Å². The third kappa shape index (κ3) is 5.81. The van der Waals surface area contributed by atoms with Crippen LogP contribution >= 0.6 is 0 Å². The van der Waals surface area contributed by atoms with Crippen LogP contribution in [0.15, 0.2) is 59.8 Å². The molecule has 0 saturated carbocycles. The maximum absolute atomic E-state index is 12.7. The zero-order valence-electron chi connectivity index (χ0n) is 20.7. The van der Waals surface area contributed by atoms with Crippen LogP contribution in [0.4, 0.5) is 22.7 Å². The van der Waals surface area contributed by atoms with E-state index < -0.39 is 11.9 Å². The zero-order valence-corrected chi connectivity index (χ0v) is 20.7. The number of carbonyl (C=O) groups excluding carboxylic acids is 2. The Labute approximate surface area is 201 Å². The molecule has 2 N–H and O–H groups in total. The molecule has 8 heteroatoms. The number of rotatable bonds is 8. The molecule has 34 heavy (non-hydrogen) atoms. The van der Waals surface area contributed by atoms with E-state index in [4.69, 9.17) is 9.47 Å². The first kappa shape index (κ1) is 25.0. The number of anilines is 4. The fraction of sp³-hybridized carbons (Fsp3) is 0.385. The third-order valence-electron chi connectivity index (χ3n) is 6.05. The predicted molar refractivity (Wildman–Crippen MR) is 136 cm³/mol. The lowest BCUT2D eigenvalue weighted by atomic mass is 9.82. The molecule has 0 heterocycles. The van der Waals surface area contributed by atoms with Gasteiger partial charge in [-0.3, -0.25) is 4.79 Å². The number of hydrogen-bond donors (Lipinski definition) is 2. The van der Waals surface area contributed by atoms with Crippen LogP contribution in [-0.2, 0) is 19.1 Å². The normalized spacial score (nSPS) is 17.6. The molecule has 0 fully saturated rings. The van der Waals surface area contributed by atoms with Crippen LogP contribution in [0.1, 0.15) is 12.8 Å². The van der Waals surface area contributed by atoms with Crippen molar-refractivity contribution in [3.05, 3.63) is 59.8 Å². The van der Waals surface area contributed by atoms with E-state index in [1.54, 1.807) is 0 Å². The Bertz CT molecular complexity index is 1030. The molecule has 0 saturated heterocycles. The van der Waals surface area contributed by atoms with E-state index in [0.29, 0.717) is 24.1 Å². The lowest BCUT2D eigenvalue weighted by Crippen LogP contribution is -2.41. The highest BCUT2D eigenvalue weighted by atomic mass is 16.5. The van der Waals surface area contributed by atoms with Crippen LogP contribution < -0.4 is 20.4 Å². The molecule has 1 aliphatic rings. The summed E-state index contributed by atoms with van der Waals surface area (Å²) in [4.78, 5) is 29.5. The van der Waals surface area contributed by atoms with Crippen LogP contribution in [0.25, 0.3) is 0 Å². The number of nitrogens with zero attached hydrogens (tertiary/aromatic N) is 2. The Morgan fingerprint density at radius 3 is 1.79 bits per heavy atom. The van der Waals surface area contributed by atoms with Gasteiger partial charge in [0, 0.05) is 75.5 Å². The highest BCUT2D eigenvalue weighted by Crippen LogP contribution is 2.34. The van der Waals surface area contributed by atoms with Crippen molar-refractivity contribution in [1.82, 2.24) is 0 Å². The molecule has 0 radical (unpaired) electrons. The topological polar surface area (TPSA) is 83.1 Å². The average molecular weight is 467 g/mol. The Morgan fingerprint density at radius 1 is 0.794 bits per heavy atom. The number of hydrogen-bond acceptors (Lipinski definition) is 8. The molecule has 0 amide bonds. The monoisotopic (exact) mass is 466 g/mol. The summed E-state index contributed by atoms with van der Waals surface area (Å²) in [7, 11) is 10.7. The minimum atomic E-state index is -0.476. The fourth-order valence-corrected chi connectivity index (χ4v) is 4.06. The number of carbonyl (C=O) groups is 2. The van der Waals surface area contributed by atoms with Gasteiger partial charge in [0.2, 0.25) is 0 Å². The third-order valence-corrected chi connectivity index (χ3v) is 6.05. The summed E-state index contributed by atoms with van der Waals surface area (Å²) in [5.74, 6) is -1.21. The molecular formula is C26H34N4O4. The Hall–Kier alpha value is -3.68. The predicted octanol–water partition coefficient (Wildman–Crippen LogP) is 3.72. The molecule has 2 unspecified atom stereocenters. The lowest BCUT2D eigenvalue weighted by Gasteiger charge is -2.34. The molecule has 2 aromatic carbocycles. The Balaban J connectivity index is 1.90. The summed E-state index contributed by atoms with van der Waals surface area (Å²) in [5, 5.41) is 6.78. The van der Waals surface area contributed by atoms with Gasteiger partial charge >= 0.3 is 11.9 Å². The van der Waals surface area contributed by atoms with Gasteiger partial charge in [0.15, 0.2) is 0 Å². The van der Waals surface area contributed by atoms with Crippen molar-refractivity contribution in [1.29, 1.82) is 0 Å². The molecule has 1 aliphatic carbocycles. The highest BCUT2D eigenvalue weighted by molar-refractivity contribution is 5.91. The summed E-state index contributed by atoms with van der Waals surface area (Å²) in [5.41, 5.74) is 5.01.